The van der Waals surface area contributed by atoms with Gasteiger partial charge < -0.3 is 19.6 Å². The smallest absolute Gasteiger partial charge is 0.0110 e. The van der Waals surface area contributed by atoms with E-state index < -0.39 is 0 Å². The van der Waals surface area contributed by atoms with Gasteiger partial charge in [0, 0.05) is 56.3 Å². The van der Waals surface area contributed by atoms with E-state index in [4.69, 9.17) is 0 Å². The molecule has 2 bridgehead atoms. The third kappa shape index (κ3) is 6.98. The van der Waals surface area contributed by atoms with Crippen LogP contribution >= 0.6 is 0 Å². The Morgan fingerprint density at radius 3 is 1.29 bits per heavy atom. The molecule has 2 fully saturated rings. The van der Waals surface area contributed by atoms with Crippen molar-refractivity contribution in [1.82, 2.24) is 19.6 Å². The average Bonchev–Trinajstić information content (AvgIpc) is 2.49. The molecule has 1 radical (unpaired) electrons. The summed E-state index contributed by atoms with van der Waals surface area (Å²) in [5.41, 5.74) is 0. The van der Waals surface area contributed by atoms with Gasteiger partial charge in [0.2, 0.25) is 0 Å². The molecule has 2 rings (SSSR count). The van der Waals surface area contributed by atoms with E-state index >= 15 is 0 Å². The Bertz CT molecular complexity index is 235. The number of hydrogen-bond donors (Lipinski definition) is 0. The van der Waals surface area contributed by atoms with E-state index in [-0.39, 0.29) is 17.1 Å². The van der Waals surface area contributed by atoms with Crippen molar-refractivity contribution in [2.75, 3.05) is 78.5 Å². The van der Waals surface area contributed by atoms with E-state index in [2.05, 4.69) is 33.4 Å². The van der Waals surface area contributed by atoms with Gasteiger partial charge in [0.15, 0.2) is 0 Å². The first-order valence-electron chi connectivity index (χ1n) is 8.71. The molecule has 21 heavy (non-hydrogen) atoms. The zero-order chi connectivity index (χ0) is 14.2. The van der Waals surface area contributed by atoms with Crippen LogP contribution in [0, 0.1) is 0 Å². The molecule has 2 atom stereocenters. The van der Waals surface area contributed by atoms with Crippen LogP contribution in [0.4, 0.5) is 0 Å². The molecule has 0 aromatic rings. The van der Waals surface area contributed by atoms with Gasteiger partial charge in [-0.3, -0.25) is 0 Å². The maximum Gasteiger partial charge on any atom is 0.0110 e. The fraction of sp³-hybridized carbons (Fsp3) is 1.00. The van der Waals surface area contributed by atoms with E-state index in [1.54, 1.807) is 0 Å². The number of fused-ring (bicyclic) bond motifs is 3. The molecular formula is C16H34MnN4. The summed E-state index contributed by atoms with van der Waals surface area (Å²) in [5.74, 6) is 0. The van der Waals surface area contributed by atoms with Crippen LogP contribution in [0.5, 0.6) is 0 Å². The molecule has 0 amide bonds. The maximum absolute atomic E-state index is 2.69. The maximum atomic E-state index is 2.69. The molecule has 2 aliphatic rings. The number of hydrogen-bond acceptors (Lipinski definition) is 4. The second-order valence-electron chi connectivity index (χ2n) is 6.26. The zero-order valence-electron chi connectivity index (χ0n) is 14.1. The summed E-state index contributed by atoms with van der Waals surface area (Å²) in [6, 6.07) is 0. The van der Waals surface area contributed by atoms with Crippen molar-refractivity contribution in [3.63, 3.8) is 0 Å². The van der Waals surface area contributed by atoms with Crippen LogP contribution < -0.4 is 0 Å². The largest absolute Gasteiger partial charge is 0.302 e. The predicted octanol–water partition coefficient (Wildman–Crippen LogP) is 1.04. The number of likely N-dealkylation sites (N-methyl/N-ethyl adjacent to an activating group) is 2. The van der Waals surface area contributed by atoms with Crippen molar-refractivity contribution in [2.24, 2.45) is 0 Å². The Balaban J connectivity index is 0.00000220. The predicted molar refractivity (Wildman–Crippen MR) is 86.3 cm³/mol. The minimum Gasteiger partial charge on any atom is -0.302 e. The van der Waals surface area contributed by atoms with Crippen molar-refractivity contribution in [2.45, 2.75) is 26.7 Å². The first kappa shape index (κ1) is 19.4. The van der Waals surface area contributed by atoms with E-state index in [9.17, 15) is 0 Å². The van der Waals surface area contributed by atoms with Crippen LogP contribution in [0.2, 0.25) is 0 Å². The molecule has 125 valence electrons. The first-order chi connectivity index (χ1) is 9.81. The van der Waals surface area contributed by atoms with E-state index in [0.29, 0.717) is 0 Å². The second kappa shape index (κ2) is 11.0. The zero-order valence-corrected chi connectivity index (χ0v) is 15.2. The van der Waals surface area contributed by atoms with Gasteiger partial charge in [-0.2, -0.15) is 0 Å². The summed E-state index contributed by atoms with van der Waals surface area (Å²) < 4.78 is 0. The van der Waals surface area contributed by atoms with Gasteiger partial charge in [-0.1, -0.05) is 13.8 Å². The molecule has 2 saturated heterocycles. The quantitative estimate of drug-likeness (QED) is 0.698. The molecule has 2 heterocycles. The van der Waals surface area contributed by atoms with Crippen LogP contribution in [0.25, 0.3) is 0 Å². The van der Waals surface area contributed by atoms with Crippen LogP contribution in [0.3, 0.4) is 0 Å². The Labute approximate surface area is 142 Å². The van der Waals surface area contributed by atoms with Crippen molar-refractivity contribution in [3.8, 4) is 0 Å². The van der Waals surface area contributed by atoms with Gasteiger partial charge in [-0.25, -0.2) is 0 Å². The standard InChI is InChI=1S/C16H34N4.Mn/c1-3-17-7-5-9-20-14-12-18(4-2)8-6-10-19(13-11-17)15-16-20;/h3-16H2,1-2H3;. The van der Waals surface area contributed by atoms with Crippen molar-refractivity contribution in [1.29, 1.82) is 0 Å². The molecule has 2 unspecified atom stereocenters. The third-order valence-electron chi connectivity index (χ3n) is 4.99. The van der Waals surface area contributed by atoms with Gasteiger partial charge in [-0.05, 0) is 52.1 Å². The third-order valence-corrected chi connectivity index (χ3v) is 4.99. The van der Waals surface area contributed by atoms with Gasteiger partial charge in [-0.15, -0.1) is 0 Å². The van der Waals surface area contributed by atoms with E-state index in [0.717, 1.165) is 0 Å². The van der Waals surface area contributed by atoms with Crippen molar-refractivity contribution in [3.05, 3.63) is 0 Å². The molecule has 0 N–H and O–H groups in total. The van der Waals surface area contributed by atoms with E-state index in [1.165, 1.54) is 91.4 Å². The van der Waals surface area contributed by atoms with Crippen molar-refractivity contribution >= 4 is 0 Å². The van der Waals surface area contributed by atoms with E-state index in [1.807, 2.05) is 0 Å². The summed E-state index contributed by atoms with van der Waals surface area (Å²) in [6.45, 7) is 19.7. The molecule has 0 saturated carbocycles. The monoisotopic (exact) mass is 337 g/mol. The minimum absolute atomic E-state index is 0. The van der Waals surface area contributed by atoms with Gasteiger partial charge >= 0.3 is 0 Å². The molecule has 4 nitrogen and oxygen atoms in total. The fourth-order valence-corrected chi connectivity index (χ4v) is 3.41. The summed E-state index contributed by atoms with van der Waals surface area (Å²) in [5, 5.41) is 0. The van der Waals surface area contributed by atoms with Crippen LogP contribution in [0.1, 0.15) is 26.7 Å². The van der Waals surface area contributed by atoms with Gasteiger partial charge in [0.1, 0.15) is 0 Å². The summed E-state index contributed by atoms with van der Waals surface area (Å²) in [7, 11) is 0. The average molecular weight is 337 g/mol. The topological polar surface area (TPSA) is 13.0 Å². The summed E-state index contributed by atoms with van der Waals surface area (Å²) in [4.78, 5) is 10.6. The van der Waals surface area contributed by atoms with Crippen molar-refractivity contribution < 1.29 is 17.1 Å². The first-order valence-corrected chi connectivity index (χ1v) is 8.71. The molecule has 0 aromatic heterocycles. The number of rotatable bonds is 2. The Morgan fingerprint density at radius 1 is 0.524 bits per heavy atom. The Kier molecular flexibility index (Phi) is 10.1. The fourth-order valence-electron chi connectivity index (χ4n) is 3.41. The van der Waals surface area contributed by atoms with Gasteiger partial charge in [0.05, 0.1) is 0 Å². The molecule has 5 heteroatoms. The Hall–Kier alpha value is 0.359. The van der Waals surface area contributed by atoms with Crippen LogP contribution in [-0.4, -0.2) is 98.1 Å². The SMILES string of the molecule is CCN1CCCN2CCN(CC)CCCN(CC1)CC2.[Mn]. The molecule has 0 aromatic carbocycles. The Morgan fingerprint density at radius 2 is 0.905 bits per heavy atom. The second-order valence-corrected chi connectivity index (χ2v) is 6.26. The normalized spacial score (nSPS) is 30.6. The summed E-state index contributed by atoms with van der Waals surface area (Å²) >= 11 is 0. The summed E-state index contributed by atoms with van der Waals surface area (Å²) in [6.07, 6.45) is 2.67. The molecular weight excluding hydrogens is 303 g/mol. The molecule has 0 spiro atoms. The molecule has 2 aliphatic heterocycles. The van der Waals surface area contributed by atoms with Gasteiger partial charge in [0.25, 0.3) is 0 Å². The minimum atomic E-state index is 0. The number of nitrogens with zero attached hydrogens (tertiary/aromatic N) is 4. The van der Waals surface area contributed by atoms with Crippen LogP contribution in [-0.2, 0) is 17.1 Å². The molecule has 0 aliphatic carbocycles. The van der Waals surface area contributed by atoms with Crippen LogP contribution in [0.15, 0.2) is 0 Å².